The summed E-state index contributed by atoms with van der Waals surface area (Å²) >= 11 is 0. The average molecular weight is 476 g/mol. The Kier molecular flexibility index (Phi) is 6.80. The lowest BCUT2D eigenvalue weighted by atomic mass is 9.93. The van der Waals surface area contributed by atoms with Crippen molar-refractivity contribution in [2.75, 3.05) is 7.11 Å². The van der Waals surface area contributed by atoms with E-state index >= 15 is 0 Å². The van der Waals surface area contributed by atoms with E-state index in [1.54, 1.807) is 13.3 Å². The number of fused-ring (bicyclic) bond motifs is 1. The molecule has 1 amide bonds. The van der Waals surface area contributed by atoms with Gasteiger partial charge in [0.05, 0.1) is 25.3 Å². The zero-order valence-electron chi connectivity index (χ0n) is 20.5. The molecule has 5 rings (SSSR count). The van der Waals surface area contributed by atoms with E-state index in [1.807, 2.05) is 60.8 Å². The van der Waals surface area contributed by atoms with Crippen molar-refractivity contribution in [1.82, 2.24) is 15.3 Å². The predicted molar refractivity (Wildman–Crippen MR) is 144 cm³/mol. The van der Waals surface area contributed by atoms with Crippen molar-refractivity contribution in [2.45, 2.75) is 25.8 Å². The first-order valence-electron chi connectivity index (χ1n) is 12.1. The molecule has 0 aliphatic carbocycles. The molecule has 0 spiro atoms. The first-order valence-corrected chi connectivity index (χ1v) is 12.1. The topological polar surface area (TPSA) is 67.0 Å². The molecule has 3 aromatic carbocycles. The van der Waals surface area contributed by atoms with Crippen molar-refractivity contribution in [3.63, 3.8) is 0 Å². The largest absolute Gasteiger partial charge is 0.497 e. The highest BCUT2D eigenvalue weighted by molar-refractivity contribution is 5.90. The summed E-state index contributed by atoms with van der Waals surface area (Å²) < 4.78 is 5.38. The fraction of sp³-hybridized carbons (Fsp3) is 0.161. The first kappa shape index (κ1) is 23.4. The van der Waals surface area contributed by atoms with Crippen LogP contribution in [0.3, 0.4) is 0 Å². The molecular formula is C31H29N3O2. The minimum atomic E-state index is -0.282. The Labute approximate surface area is 211 Å². The Balaban J connectivity index is 1.48. The number of methoxy groups -OCH3 is 1. The fourth-order valence-corrected chi connectivity index (χ4v) is 4.71. The van der Waals surface area contributed by atoms with Gasteiger partial charge in [-0.1, -0.05) is 60.7 Å². The van der Waals surface area contributed by atoms with Crippen LogP contribution in [0.25, 0.3) is 22.0 Å². The third kappa shape index (κ3) is 5.01. The van der Waals surface area contributed by atoms with Crippen LogP contribution < -0.4 is 10.1 Å². The maximum atomic E-state index is 13.4. The lowest BCUT2D eigenvalue weighted by molar-refractivity contribution is -0.121. The lowest BCUT2D eigenvalue weighted by Crippen LogP contribution is -2.32. The number of aromatic amines is 1. The molecule has 2 N–H and O–H groups in total. The number of carbonyl (C=O) groups is 1. The van der Waals surface area contributed by atoms with Gasteiger partial charge in [0.2, 0.25) is 5.91 Å². The molecule has 5 aromatic rings. The molecule has 180 valence electrons. The second-order valence-electron chi connectivity index (χ2n) is 8.96. The number of hydrogen-bond donors (Lipinski definition) is 2. The molecular weight excluding hydrogens is 446 g/mol. The predicted octanol–water partition coefficient (Wildman–Crippen LogP) is 6.19. The number of H-pyrrole nitrogens is 1. The summed E-state index contributed by atoms with van der Waals surface area (Å²) in [7, 11) is 1.65. The highest BCUT2D eigenvalue weighted by Gasteiger charge is 2.22. The van der Waals surface area contributed by atoms with Gasteiger partial charge in [-0.3, -0.25) is 9.78 Å². The van der Waals surface area contributed by atoms with Gasteiger partial charge in [-0.25, -0.2) is 0 Å². The number of nitrogens with one attached hydrogen (secondary N) is 2. The smallest absolute Gasteiger partial charge is 0.225 e. The van der Waals surface area contributed by atoms with Crippen molar-refractivity contribution in [1.29, 1.82) is 0 Å². The van der Waals surface area contributed by atoms with Crippen LogP contribution in [0.15, 0.2) is 97.3 Å². The molecule has 0 unspecified atom stereocenters. The molecule has 0 saturated heterocycles. The van der Waals surface area contributed by atoms with Gasteiger partial charge in [-0.15, -0.1) is 0 Å². The molecule has 0 aliphatic rings. The normalized spacial score (nSPS) is 11.8. The third-order valence-corrected chi connectivity index (χ3v) is 6.55. The Hall–Kier alpha value is -4.38. The van der Waals surface area contributed by atoms with Crippen LogP contribution in [0, 0.1) is 6.92 Å². The van der Waals surface area contributed by atoms with Crippen LogP contribution >= 0.6 is 0 Å². The number of hydrogen-bond acceptors (Lipinski definition) is 3. The summed E-state index contributed by atoms with van der Waals surface area (Å²) in [5.74, 6) is 0.711. The van der Waals surface area contributed by atoms with E-state index in [4.69, 9.17) is 9.72 Å². The Morgan fingerprint density at radius 2 is 1.75 bits per heavy atom. The molecule has 1 atom stereocenters. The van der Waals surface area contributed by atoms with Gasteiger partial charge in [0.15, 0.2) is 0 Å². The van der Waals surface area contributed by atoms with Crippen LogP contribution in [-0.4, -0.2) is 23.0 Å². The molecule has 2 aromatic heterocycles. The lowest BCUT2D eigenvalue weighted by Gasteiger charge is -2.22. The van der Waals surface area contributed by atoms with Gasteiger partial charge in [-0.2, -0.15) is 0 Å². The second kappa shape index (κ2) is 10.5. The number of carbonyl (C=O) groups excluding carboxylic acids is 1. The Morgan fingerprint density at radius 3 is 2.56 bits per heavy atom. The maximum Gasteiger partial charge on any atom is 0.225 e. The van der Waals surface area contributed by atoms with Crippen LogP contribution in [-0.2, 0) is 17.6 Å². The third-order valence-electron chi connectivity index (χ3n) is 6.55. The summed E-state index contributed by atoms with van der Waals surface area (Å²) in [4.78, 5) is 21.4. The van der Waals surface area contributed by atoms with Gasteiger partial charge < -0.3 is 15.0 Å². The SMILES string of the molecule is COc1ccc2[nH]cc(CC(=O)N[C@H](Cc3ccccc3)c3ncccc3-c3ccccc3C)c2c1. The molecule has 5 nitrogen and oxygen atoms in total. The second-order valence-corrected chi connectivity index (χ2v) is 8.96. The van der Waals surface area contributed by atoms with Crippen LogP contribution in [0.1, 0.15) is 28.4 Å². The van der Waals surface area contributed by atoms with Crippen molar-refractivity contribution < 1.29 is 9.53 Å². The Morgan fingerprint density at radius 1 is 0.972 bits per heavy atom. The van der Waals surface area contributed by atoms with E-state index in [-0.39, 0.29) is 18.4 Å². The minimum absolute atomic E-state index is 0.0546. The quantitative estimate of drug-likeness (QED) is 0.281. The molecule has 0 aliphatic heterocycles. The van der Waals surface area contributed by atoms with Gasteiger partial charge in [-0.05, 0) is 59.9 Å². The Bertz CT molecular complexity index is 1490. The van der Waals surface area contributed by atoms with Crippen molar-refractivity contribution in [3.8, 4) is 16.9 Å². The molecule has 2 heterocycles. The van der Waals surface area contributed by atoms with Gasteiger partial charge >= 0.3 is 0 Å². The van der Waals surface area contributed by atoms with Crippen molar-refractivity contribution in [3.05, 3.63) is 120 Å². The van der Waals surface area contributed by atoms with E-state index in [0.717, 1.165) is 44.6 Å². The van der Waals surface area contributed by atoms with Crippen LogP contribution in [0.2, 0.25) is 0 Å². The fourth-order valence-electron chi connectivity index (χ4n) is 4.71. The number of aromatic nitrogens is 2. The highest BCUT2D eigenvalue weighted by Crippen LogP contribution is 2.31. The van der Waals surface area contributed by atoms with Crippen LogP contribution in [0.4, 0.5) is 0 Å². The van der Waals surface area contributed by atoms with Crippen molar-refractivity contribution in [2.24, 2.45) is 0 Å². The number of amides is 1. The molecule has 0 radical (unpaired) electrons. The number of aryl methyl sites for hydroxylation is 1. The number of ether oxygens (including phenoxy) is 1. The first-order chi connectivity index (χ1) is 17.6. The number of benzene rings is 3. The van der Waals surface area contributed by atoms with Gasteiger partial charge in [0, 0.05) is 28.9 Å². The van der Waals surface area contributed by atoms with E-state index < -0.39 is 0 Å². The van der Waals surface area contributed by atoms with E-state index in [1.165, 1.54) is 5.56 Å². The standard InChI is InChI=1S/C31H29N3O2/c1-21-9-6-7-12-25(21)26-13-8-16-32-31(26)29(17-22-10-4-3-5-11-22)34-30(35)18-23-20-33-28-15-14-24(36-2)19-27(23)28/h3-16,19-20,29,33H,17-18H2,1-2H3,(H,34,35)/t29-/m1/s1. The summed E-state index contributed by atoms with van der Waals surface area (Å²) in [6.45, 7) is 2.10. The summed E-state index contributed by atoms with van der Waals surface area (Å²) in [5, 5.41) is 4.28. The number of rotatable bonds is 8. The molecule has 0 saturated carbocycles. The molecule has 36 heavy (non-hydrogen) atoms. The zero-order valence-corrected chi connectivity index (χ0v) is 20.5. The highest BCUT2D eigenvalue weighted by atomic mass is 16.5. The monoisotopic (exact) mass is 475 g/mol. The average Bonchev–Trinajstić information content (AvgIpc) is 3.31. The molecule has 5 heteroatoms. The van der Waals surface area contributed by atoms with Gasteiger partial charge in [0.1, 0.15) is 5.75 Å². The number of nitrogens with zero attached hydrogens (tertiary/aromatic N) is 1. The maximum absolute atomic E-state index is 13.4. The van der Waals surface area contributed by atoms with E-state index in [9.17, 15) is 4.79 Å². The van der Waals surface area contributed by atoms with Crippen LogP contribution in [0.5, 0.6) is 5.75 Å². The minimum Gasteiger partial charge on any atom is -0.497 e. The van der Waals surface area contributed by atoms with E-state index in [0.29, 0.717) is 6.42 Å². The molecule has 0 bridgehead atoms. The van der Waals surface area contributed by atoms with Gasteiger partial charge in [0.25, 0.3) is 0 Å². The summed E-state index contributed by atoms with van der Waals surface area (Å²) in [6, 6.07) is 28.1. The number of pyridine rings is 1. The van der Waals surface area contributed by atoms with Crippen molar-refractivity contribution >= 4 is 16.8 Å². The zero-order chi connectivity index (χ0) is 24.9. The summed E-state index contributed by atoms with van der Waals surface area (Å²) in [6.07, 6.45) is 4.60. The summed E-state index contributed by atoms with van der Waals surface area (Å²) in [5.41, 5.74) is 7.24. The molecule has 0 fully saturated rings. The van der Waals surface area contributed by atoms with E-state index in [2.05, 4.69) is 47.6 Å².